The van der Waals surface area contributed by atoms with Crippen molar-refractivity contribution in [1.29, 1.82) is 5.26 Å². The van der Waals surface area contributed by atoms with E-state index in [2.05, 4.69) is 10.3 Å². The summed E-state index contributed by atoms with van der Waals surface area (Å²) in [7, 11) is 0. The lowest BCUT2D eigenvalue weighted by Crippen LogP contribution is -2.14. The smallest absolute Gasteiger partial charge is 0.413 e. The van der Waals surface area contributed by atoms with Gasteiger partial charge in [0.15, 0.2) is 0 Å². The van der Waals surface area contributed by atoms with Crippen LogP contribution in [-0.2, 0) is 11.3 Å². The Morgan fingerprint density at radius 3 is 2.70 bits per heavy atom. The molecule has 1 aromatic carbocycles. The number of carbonyl (C=O) groups is 1. The van der Waals surface area contributed by atoms with Crippen LogP contribution in [0.1, 0.15) is 16.8 Å². The molecule has 0 saturated heterocycles. The monoisotopic (exact) mass is 267 g/mol. The van der Waals surface area contributed by atoms with E-state index in [1.807, 2.05) is 36.4 Å². The maximum absolute atomic E-state index is 11.6. The number of carbonyl (C=O) groups excluding carboxylic acids is 1. The van der Waals surface area contributed by atoms with Gasteiger partial charge in [0.1, 0.15) is 18.5 Å². The third-order valence-corrected chi connectivity index (χ3v) is 2.65. The number of pyridine rings is 1. The maximum Gasteiger partial charge on any atom is 0.413 e. The van der Waals surface area contributed by atoms with Crippen LogP contribution in [0.4, 0.5) is 10.6 Å². The van der Waals surface area contributed by atoms with Gasteiger partial charge in [0.2, 0.25) is 0 Å². The molecule has 1 amide bonds. The summed E-state index contributed by atoms with van der Waals surface area (Å²) < 4.78 is 5.07. The molecule has 2 rings (SSSR count). The topological polar surface area (TPSA) is 75.0 Å². The summed E-state index contributed by atoms with van der Waals surface area (Å²) in [4.78, 5) is 15.7. The predicted octanol–water partition coefficient (Wildman–Crippen LogP) is 3.01. The van der Waals surface area contributed by atoms with Crippen molar-refractivity contribution >= 4 is 11.9 Å². The van der Waals surface area contributed by atoms with E-state index in [4.69, 9.17) is 10.00 Å². The Labute approximate surface area is 116 Å². The van der Waals surface area contributed by atoms with Gasteiger partial charge in [0.05, 0.1) is 11.3 Å². The lowest BCUT2D eigenvalue weighted by molar-refractivity contribution is 0.155. The van der Waals surface area contributed by atoms with Crippen LogP contribution < -0.4 is 5.32 Å². The second-order valence-corrected chi connectivity index (χ2v) is 4.13. The Morgan fingerprint density at radius 2 is 2.05 bits per heavy atom. The molecule has 0 atom stereocenters. The minimum absolute atomic E-state index is 0.196. The number of rotatable bonds is 3. The zero-order valence-corrected chi connectivity index (χ0v) is 11.0. The average Bonchev–Trinajstić information content (AvgIpc) is 2.46. The van der Waals surface area contributed by atoms with Crippen molar-refractivity contribution in [3.8, 4) is 6.07 Å². The maximum atomic E-state index is 11.6. The number of ether oxygens (including phenoxy) is 1. The van der Waals surface area contributed by atoms with Crippen molar-refractivity contribution in [2.75, 3.05) is 5.32 Å². The Hall–Kier alpha value is -2.87. The molecule has 100 valence electrons. The second kappa shape index (κ2) is 6.34. The summed E-state index contributed by atoms with van der Waals surface area (Å²) in [6.45, 7) is 1.90. The number of hydrogen-bond acceptors (Lipinski definition) is 4. The fraction of sp³-hybridized carbons (Fsp3) is 0.133. The van der Waals surface area contributed by atoms with E-state index >= 15 is 0 Å². The van der Waals surface area contributed by atoms with Gasteiger partial charge in [-0.05, 0) is 24.6 Å². The molecule has 1 aromatic heterocycles. The van der Waals surface area contributed by atoms with Crippen LogP contribution >= 0.6 is 0 Å². The molecule has 0 aliphatic carbocycles. The van der Waals surface area contributed by atoms with Crippen molar-refractivity contribution < 1.29 is 9.53 Å². The van der Waals surface area contributed by atoms with Gasteiger partial charge in [0.25, 0.3) is 0 Å². The normalized spacial score (nSPS) is 9.60. The highest BCUT2D eigenvalue weighted by molar-refractivity contribution is 5.83. The van der Waals surface area contributed by atoms with Gasteiger partial charge in [-0.15, -0.1) is 0 Å². The number of nitrogens with one attached hydrogen (secondary N) is 1. The number of aromatic nitrogens is 1. The molecule has 0 bridgehead atoms. The molecule has 0 saturated carbocycles. The van der Waals surface area contributed by atoms with Crippen molar-refractivity contribution in [2.24, 2.45) is 0 Å². The minimum Gasteiger partial charge on any atom is -0.444 e. The van der Waals surface area contributed by atoms with Gasteiger partial charge >= 0.3 is 6.09 Å². The van der Waals surface area contributed by atoms with E-state index in [0.717, 1.165) is 5.56 Å². The van der Waals surface area contributed by atoms with Gasteiger partial charge in [0, 0.05) is 0 Å². The average molecular weight is 267 g/mol. The lowest BCUT2D eigenvalue weighted by atomic mass is 10.2. The molecule has 0 aliphatic rings. The Morgan fingerprint density at radius 1 is 1.30 bits per heavy atom. The third kappa shape index (κ3) is 3.56. The van der Waals surface area contributed by atoms with Gasteiger partial charge in [-0.1, -0.05) is 30.3 Å². The fourth-order valence-corrected chi connectivity index (χ4v) is 1.61. The SMILES string of the molecule is Cc1nc(NC(=O)OCc2ccccc2)ccc1C#N. The first-order chi connectivity index (χ1) is 9.69. The summed E-state index contributed by atoms with van der Waals surface area (Å²) in [6, 6.07) is 14.6. The minimum atomic E-state index is -0.578. The van der Waals surface area contributed by atoms with Crippen LogP contribution in [0.3, 0.4) is 0 Å². The van der Waals surface area contributed by atoms with Crippen molar-refractivity contribution in [3.05, 3.63) is 59.3 Å². The zero-order chi connectivity index (χ0) is 14.4. The van der Waals surface area contributed by atoms with E-state index in [1.54, 1.807) is 19.1 Å². The standard InChI is InChI=1S/C15H13N3O2/c1-11-13(9-16)7-8-14(17-11)18-15(19)20-10-12-5-3-2-4-6-12/h2-8H,10H2,1H3,(H,17,18,19). The van der Waals surface area contributed by atoms with Crippen LogP contribution in [0.15, 0.2) is 42.5 Å². The number of nitrogens with zero attached hydrogens (tertiary/aromatic N) is 2. The number of aryl methyl sites for hydroxylation is 1. The van der Waals surface area contributed by atoms with E-state index in [1.165, 1.54) is 0 Å². The third-order valence-electron chi connectivity index (χ3n) is 2.65. The van der Waals surface area contributed by atoms with E-state index < -0.39 is 6.09 Å². The summed E-state index contributed by atoms with van der Waals surface area (Å²) in [6.07, 6.45) is -0.578. The van der Waals surface area contributed by atoms with Crippen LogP contribution in [0.5, 0.6) is 0 Å². The molecular formula is C15H13N3O2. The first-order valence-electron chi connectivity index (χ1n) is 6.04. The molecule has 5 nitrogen and oxygen atoms in total. The Balaban J connectivity index is 1.92. The van der Waals surface area contributed by atoms with Crippen molar-refractivity contribution in [2.45, 2.75) is 13.5 Å². The number of nitriles is 1. The highest BCUT2D eigenvalue weighted by atomic mass is 16.5. The first-order valence-corrected chi connectivity index (χ1v) is 6.04. The van der Waals surface area contributed by atoms with Crippen LogP contribution in [0.2, 0.25) is 0 Å². The summed E-state index contributed by atoms with van der Waals surface area (Å²) >= 11 is 0. The van der Waals surface area contributed by atoms with Crippen molar-refractivity contribution in [3.63, 3.8) is 0 Å². The molecule has 20 heavy (non-hydrogen) atoms. The lowest BCUT2D eigenvalue weighted by Gasteiger charge is -2.07. The molecule has 0 fully saturated rings. The first kappa shape index (κ1) is 13.6. The molecule has 0 spiro atoms. The van der Waals surface area contributed by atoms with Gasteiger partial charge in [-0.25, -0.2) is 9.78 Å². The number of amides is 1. The van der Waals surface area contributed by atoms with Crippen LogP contribution in [-0.4, -0.2) is 11.1 Å². The summed E-state index contributed by atoms with van der Waals surface area (Å²) in [5.74, 6) is 0.361. The molecule has 0 unspecified atom stereocenters. The van der Waals surface area contributed by atoms with Gasteiger partial charge in [-0.2, -0.15) is 5.26 Å². The van der Waals surface area contributed by atoms with Crippen LogP contribution in [0, 0.1) is 18.3 Å². The molecular weight excluding hydrogens is 254 g/mol. The quantitative estimate of drug-likeness (QED) is 0.927. The van der Waals surface area contributed by atoms with Gasteiger partial charge < -0.3 is 4.74 Å². The Bertz CT molecular complexity index is 648. The highest BCUT2D eigenvalue weighted by Crippen LogP contribution is 2.10. The molecule has 2 aromatic rings. The van der Waals surface area contributed by atoms with E-state index in [9.17, 15) is 4.79 Å². The molecule has 5 heteroatoms. The van der Waals surface area contributed by atoms with Crippen LogP contribution in [0.25, 0.3) is 0 Å². The number of hydrogen-bond donors (Lipinski definition) is 1. The second-order valence-electron chi connectivity index (χ2n) is 4.13. The van der Waals surface area contributed by atoms with Crippen molar-refractivity contribution in [1.82, 2.24) is 4.98 Å². The highest BCUT2D eigenvalue weighted by Gasteiger charge is 2.06. The number of benzene rings is 1. The summed E-state index contributed by atoms with van der Waals surface area (Å²) in [5.41, 5.74) is 1.95. The summed E-state index contributed by atoms with van der Waals surface area (Å²) in [5, 5.41) is 11.3. The number of anilines is 1. The van der Waals surface area contributed by atoms with Gasteiger partial charge in [-0.3, -0.25) is 5.32 Å². The molecule has 0 radical (unpaired) electrons. The Kier molecular flexibility index (Phi) is 4.30. The molecule has 0 aliphatic heterocycles. The zero-order valence-electron chi connectivity index (χ0n) is 11.0. The largest absolute Gasteiger partial charge is 0.444 e. The molecule has 1 N–H and O–H groups in total. The fourth-order valence-electron chi connectivity index (χ4n) is 1.61. The van der Waals surface area contributed by atoms with E-state index in [-0.39, 0.29) is 6.61 Å². The predicted molar refractivity (Wildman–Crippen MR) is 73.9 cm³/mol. The molecule has 1 heterocycles. The van der Waals surface area contributed by atoms with E-state index in [0.29, 0.717) is 17.1 Å².